The van der Waals surface area contributed by atoms with E-state index in [0.717, 1.165) is 55.8 Å². The van der Waals surface area contributed by atoms with Gasteiger partial charge < -0.3 is 36.1 Å². The Kier molecular flexibility index (Phi) is 9.29. The molecule has 0 radical (unpaired) electrons. The highest BCUT2D eigenvalue weighted by Gasteiger charge is 2.46. The highest BCUT2D eigenvalue weighted by Crippen LogP contribution is 2.39. The molecule has 0 bridgehead atoms. The molecular weight excluding hydrogens is 550 g/mol. The Morgan fingerprint density at radius 2 is 1.84 bits per heavy atom. The van der Waals surface area contributed by atoms with Crippen LogP contribution < -0.4 is 26.0 Å². The van der Waals surface area contributed by atoms with Crippen LogP contribution in [0.15, 0.2) is 24.3 Å². The summed E-state index contributed by atoms with van der Waals surface area (Å²) < 4.78 is 5.40. The fourth-order valence-corrected chi connectivity index (χ4v) is 6.65. The van der Waals surface area contributed by atoms with Crippen LogP contribution >= 0.6 is 0 Å². The molecule has 4 atom stereocenters. The number of carbonyl (C=O) groups excluding carboxylic acids is 4. The largest absolute Gasteiger partial charge is 0.496 e. The molecule has 2 saturated carbocycles. The maximum absolute atomic E-state index is 13.7. The van der Waals surface area contributed by atoms with Crippen LogP contribution in [0.2, 0.25) is 0 Å². The number of ether oxygens (including phenoxy) is 1. The number of hydrogen-bond acceptors (Lipinski definition) is 6. The average molecular weight is 596 g/mol. The van der Waals surface area contributed by atoms with E-state index in [1.54, 1.807) is 19.2 Å². The number of aromatic amines is 1. The van der Waals surface area contributed by atoms with Crippen LogP contribution in [0, 0.1) is 11.8 Å². The van der Waals surface area contributed by atoms with Crippen molar-refractivity contribution in [3.8, 4) is 5.75 Å². The lowest BCUT2D eigenvalue weighted by molar-refractivity contribution is -0.134. The summed E-state index contributed by atoms with van der Waals surface area (Å²) in [6.07, 6.45) is 6.35. The third-order valence-corrected chi connectivity index (χ3v) is 9.06. The normalized spacial score (nSPS) is 21.7. The van der Waals surface area contributed by atoms with Crippen molar-refractivity contribution < 1.29 is 29.0 Å². The van der Waals surface area contributed by atoms with Crippen LogP contribution in [0.25, 0.3) is 10.9 Å². The molecule has 1 spiro atoms. The molecule has 11 nitrogen and oxygen atoms in total. The number of benzene rings is 1. The molecule has 2 aliphatic carbocycles. The van der Waals surface area contributed by atoms with Gasteiger partial charge in [-0.15, -0.1) is 0 Å². The molecule has 11 heteroatoms. The number of hydrogen-bond donors (Lipinski definition) is 6. The topological polar surface area (TPSA) is 162 Å². The van der Waals surface area contributed by atoms with Crippen molar-refractivity contribution in [3.05, 3.63) is 30.0 Å². The van der Waals surface area contributed by atoms with Crippen molar-refractivity contribution in [1.82, 2.24) is 26.3 Å². The van der Waals surface area contributed by atoms with Crippen LogP contribution in [-0.4, -0.2) is 70.6 Å². The molecular formula is C32H45N5O6. The van der Waals surface area contributed by atoms with E-state index in [-0.39, 0.29) is 35.5 Å². The lowest BCUT2D eigenvalue weighted by Gasteiger charge is -2.33. The van der Waals surface area contributed by atoms with Crippen molar-refractivity contribution in [3.63, 3.8) is 0 Å². The van der Waals surface area contributed by atoms with Crippen LogP contribution in [0.1, 0.15) is 88.5 Å². The zero-order valence-electron chi connectivity index (χ0n) is 25.3. The Morgan fingerprint density at radius 3 is 2.51 bits per heavy atom. The molecule has 4 amide bonds. The van der Waals surface area contributed by atoms with Gasteiger partial charge >= 0.3 is 0 Å². The fraction of sp³-hybridized carbons (Fsp3) is 0.625. The molecule has 1 aromatic carbocycles. The Bertz CT molecular complexity index is 1340. The quantitative estimate of drug-likeness (QED) is 0.221. The van der Waals surface area contributed by atoms with E-state index in [1.807, 2.05) is 26.0 Å². The predicted molar refractivity (Wildman–Crippen MR) is 161 cm³/mol. The van der Waals surface area contributed by atoms with E-state index in [4.69, 9.17) is 4.74 Å². The van der Waals surface area contributed by atoms with Gasteiger partial charge in [-0.2, -0.15) is 0 Å². The number of aliphatic hydroxyl groups is 1. The second-order valence-electron chi connectivity index (χ2n) is 13.1. The van der Waals surface area contributed by atoms with E-state index in [1.165, 1.54) is 0 Å². The molecule has 4 unspecified atom stereocenters. The first-order valence-corrected chi connectivity index (χ1v) is 15.6. The molecule has 1 saturated heterocycles. The minimum atomic E-state index is -1.53. The number of H-pyrrole nitrogens is 1. The Hall–Kier alpha value is -3.60. The summed E-state index contributed by atoms with van der Waals surface area (Å²) in [6.45, 7) is 3.89. The number of aliphatic hydroxyl groups excluding tert-OH is 1. The number of nitrogens with one attached hydrogen (secondary N) is 5. The number of aromatic nitrogens is 1. The molecule has 5 rings (SSSR count). The maximum Gasteiger partial charge on any atom is 0.268 e. The second kappa shape index (κ2) is 13.0. The van der Waals surface area contributed by atoms with Crippen molar-refractivity contribution in [2.24, 2.45) is 11.8 Å². The van der Waals surface area contributed by atoms with Gasteiger partial charge in [0.25, 0.3) is 11.8 Å². The Labute approximate surface area is 252 Å². The van der Waals surface area contributed by atoms with E-state index in [9.17, 15) is 24.3 Å². The van der Waals surface area contributed by atoms with Gasteiger partial charge in [0.15, 0.2) is 6.10 Å². The molecule has 1 aliphatic heterocycles. The Balaban J connectivity index is 1.32. The average Bonchev–Trinajstić information content (AvgIpc) is 3.59. The lowest BCUT2D eigenvalue weighted by Crippen LogP contribution is -2.56. The second-order valence-corrected chi connectivity index (χ2v) is 13.1. The number of methoxy groups -OCH3 is 1. The zero-order chi connectivity index (χ0) is 30.7. The van der Waals surface area contributed by atoms with E-state index >= 15 is 0 Å². The third kappa shape index (κ3) is 7.31. The molecule has 3 fully saturated rings. The van der Waals surface area contributed by atoms with Crippen molar-refractivity contribution in [2.45, 2.75) is 108 Å². The van der Waals surface area contributed by atoms with Crippen LogP contribution in [0.5, 0.6) is 5.75 Å². The van der Waals surface area contributed by atoms with Crippen LogP contribution in [0.4, 0.5) is 0 Å². The first kappa shape index (κ1) is 30.8. The first-order chi connectivity index (χ1) is 20.6. The Morgan fingerprint density at radius 1 is 1.09 bits per heavy atom. The van der Waals surface area contributed by atoms with Crippen LogP contribution in [0.3, 0.4) is 0 Å². The van der Waals surface area contributed by atoms with Gasteiger partial charge in [0.05, 0.1) is 13.2 Å². The lowest BCUT2D eigenvalue weighted by atomic mass is 9.78. The van der Waals surface area contributed by atoms with E-state index in [0.29, 0.717) is 18.6 Å². The summed E-state index contributed by atoms with van der Waals surface area (Å²) in [6, 6.07) is 5.25. The molecule has 2 aromatic rings. The maximum atomic E-state index is 13.7. The minimum Gasteiger partial charge on any atom is -0.496 e. The SMILES string of the molecule is COc1cccc2[nH]c(C(=O)NC(CC(C)C)C(=O)NC(CC3CC4(CCCCC4)NC3=O)C(O)C(=O)NC3CC3)cc12. The predicted octanol–water partition coefficient (Wildman–Crippen LogP) is 2.67. The molecule has 6 N–H and O–H groups in total. The van der Waals surface area contributed by atoms with E-state index in [2.05, 4.69) is 26.3 Å². The molecule has 234 valence electrons. The summed E-state index contributed by atoms with van der Waals surface area (Å²) in [5.41, 5.74) is 0.762. The summed E-state index contributed by atoms with van der Waals surface area (Å²) >= 11 is 0. The summed E-state index contributed by atoms with van der Waals surface area (Å²) in [4.78, 5) is 56.2. The van der Waals surface area contributed by atoms with Gasteiger partial charge in [-0.05, 0) is 69.1 Å². The summed E-state index contributed by atoms with van der Waals surface area (Å²) in [7, 11) is 1.56. The number of amides is 4. The number of carbonyl (C=O) groups is 4. The smallest absolute Gasteiger partial charge is 0.268 e. The van der Waals surface area contributed by atoms with Crippen molar-refractivity contribution in [2.75, 3.05) is 7.11 Å². The monoisotopic (exact) mass is 595 g/mol. The summed E-state index contributed by atoms with van der Waals surface area (Å²) in [5, 5.41) is 23.6. The minimum absolute atomic E-state index is 0.0294. The van der Waals surface area contributed by atoms with Gasteiger partial charge in [-0.25, -0.2) is 0 Å². The molecule has 2 heterocycles. The van der Waals surface area contributed by atoms with E-state index < -0.39 is 41.8 Å². The highest BCUT2D eigenvalue weighted by molar-refractivity contribution is 6.01. The van der Waals surface area contributed by atoms with Gasteiger partial charge in [0.2, 0.25) is 11.8 Å². The number of rotatable bonds is 12. The number of fused-ring (bicyclic) bond motifs is 1. The molecule has 43 heavy (non-hydrogen) atoms. The third-order valence-electron chi connectivity index (χ3n) is 9.06. The van der Waals surface area contributed by atoms with Gasteiger partial charge in [0.1, 0.15) is 17.5 Å². The summed E-state index contributed by atoms with van der Waals surface area (Å²) in [5.74, 6) is -1.39. The van der Waals surface area contributed by atoms with Gasteiger partial charge in [0, 0.05) is 28.4 Å². The fourth-order valence-electron chi connectivity index (χ4n) is 6.65. The zero-order valence-corrected chi connectivity index (χ0v) is 25.3. The van der Waals surface area contributed by atoms with Crippen molar-refractivity contribution >= 4 is 34.5 Å². The van der Waals surface area contributed by atoms with Gasteiger partial charge in [-0.1, -0.05) is 39.2 Å². The molecule has 1 aromatic heterocycles. The van der Waals surface area contributed by atoms with Crippen LogP contribution in [-0.2, 0) is 14.4 Å². The van der Waals surface area contributed by atoms with Gasteiger partial charge in [-0.3, -0.25) is 19.2 Å². The highest BCUT2D eigenvalue weighted by atomic mass is 16.5. The van der Waals surface area contributed by atoms with Crippen molar-refractivity contribution in [1.29, 1.82) is 0 Å². The standard InChI is InChI=1S/C32H45N5O6/c1-18(2)14-24(36-30(41)25-16-21-22(34-25)8-7-9-26(21)43-3)29(40)35-23(27(38)31(42)33-20-10-11-20)15-19-17-32(37-28(19)39)12-5-4-6-13-32/h7-9,16,18-20,23-24,27,34,38H,4-6,10-15,17H2,1-3H3,(H,33,42)(H,35,40)(H,36,41)(H,37,39). The molecule has 3 aliphatic rings. The first-order valence-electron chi connectivity index (χ1n) is 15.6.